The first-order chi connectivity index (χ1) is 31.6. The third-order valence-electron chi connectivity index (χ3n) is 7.40. The zero-order chi connectivity index (χ0) is 48.4. The number of hydrogen-bond acceptors (Lipinski definition) is 19. The smallest absolute Gasteiger partial charge is 0.400 e. The van der Waals surface area contributed by atoms with Gasteiger partial charge in [0.25, 0.3) is 0 Å². The molecule has 346 valence electrons. The van der Waals surface area contributed by atoms with Crippen LogP contribution in [0.5, 0.6) is 0 Å². The average molecular weight is 940 g/mol. The van der Waals surface area contributed by atoms with Crippen LogP contribution < -0.4 is 58.2 Å². The molecule has 0 spiro atoms. The molecule has 12 N–H and O–H groups in total. The molecular formula is C33H51ClF2N27NaO. The number of nitrogen functional groups attached to an aromatic ring is 4. The number of aryl methyl sites for hydroxylation is 3. The number of alkyl halides is 3. The summed E-state index contributed by atoms with van der Waals surface area (Å²) in [6.45, 7) is 3.41. The van der Waals surface area contributed by atoms with Gasteiger partial charge in [-0.15, -0.1) is 11.6 Å². The maximum Gasteiger partial charge on any atom is 1.00 e. The Kier molecular flexibility index (Phi) is 30.7. The van der Waals surface area contributed by atoms with Gasteiger partial charge in [0, 0.05) is 44.1 Å². The molecule has 0 fully saturated rings. The number of hydrogen-bond donors (Lipinski definition) is 7. The first-order valence-corrected chi connectivity index (χ1v) is 18.2. The molecule has 8 heterocycles. The Hall–Kier alpha value is -6.91. The third kappa shape index (κ3) is 18.8. The Morgan fingerprint density at radius 1 is 0.677 bits per heavy atom. The van der Waals surface area contributed by atoms with E-state index in [4.69, 9.17) is 64.7 Å². The van der Waals surface area contributed by atoms with Gasteiger partial charge in [-0.3, -0.25) is 13.7 Å². The van der Waals surface area contributed by atoms with Crippen molar-refractivity contribution in [3.05, 3.63) is 77.0 Å². The second kappa shape index (κ2) is 35.5. The molecule has 8 rings (SSSR count). The predicted octanol–water partition coefficient (Wildman–Crippen LogP) is 1.12. The van der Waals surface area contributed by atoms with Crippen molar-refractivity contribution in [2.75, 3.05) is 63.3 Å². The molecule has 8 aromatic rings. The molecule has 0 bridgehead atoms. The normalized spacial score (nSPS) is 9.63. The van der Waals surface area contributed by atoms with E-state index < -0.39 is 14.3 Å². The maximum atomic E-state index is 9.96. The summed E-state index contributed by atoms with van der Waals surface area (Å²) in [4.78, 5) is 54.9. The SMILES string of the molecule is C.CO.NCCCn1cnc2c(N)ncnc21.Nc1ncnc2c1ncn2CCCCl.Nc1ncnc2nc[nH]c12.[2H]CF.[2H]CF.[N-]=[N+]=NCCCn1cnc2c(N)ncnc21.[N-]=[N+]=[N-].[Na+]. The summed E-state index contributed by atoms with van der Waals surface area (Å²) in [6.07, 6.45) is 14.8. The number of aromatic amines is 1. The molecule has 32 heteroatoms. The summed E-state index contributed by atoms with van der Waals surface area (Å²) in [5.41, 5.74) is 54.9. The molecule has 0 amide bonds. The molecule has 8 aromatic heterocycles. The number of anilines is 4. The molecule has 28 nitrogen and oxygen atoms in total. The largest absolute Gasteiger partial charge is 1.00 e. The number of fused-ring (bicyclic) bond motifs is 4. The van der Waals surface area contributed by atoms with Crippen LogP contribution in [-0.4, -0.2) is 124 Å². The predicted molar refractivity (Wildman–Crippen MR) is 242 cm³/mol. The Balaban J connectivity index is 0. The van der Waals surface area contributed by atoms with Gasteiger partial charge in [0.2, 0.25) is 0 Å². The Morgan fingerprint density at radius 2 is 1.06 bits per heavy atom. The first-order valence-electron chi connectivity index (χ1n) is 19.1. The van der Waals surface area contributed by atoms with Gasteiger partial charge in [0.05, 0.1) is 42.4 Å². The van der Waals surface area contributed by atoms with E-state index >= 15 is 0 Å². The molecular weight excluding hydrogens is 887 g/mol. The summed E-state index contributed by atoms with van der Waals surface area (Å²) in [7, 11) is -1.00. The van der Waals surface area contributed by atoms with Gasteiger partial charge in [-0.25, -0.2) is 59.8 Å². The van der Waals surface area contributed by atoms with Crippen LogP contribution >= 0.6 is 11.6 Å². The number of imidazole rings is 4. The van der Waals surface area contributed by atoms with Gasteiger partial charge in [-0.2, -0.15) is 0 Å². The van der Waals surface area contributed by atoms with E-state index in [0.29, 0.717) is 82.1 Å². The van der Waals surface area contributed by atoms with Crippen LogP contribution in [0.4, 0.5) is 32.1 Å². The third-order valence-corrected chi connectivity index (χ3v) is 7.66. The molecule has 0 aliphatic carbocycles. The number of H-pyrrole nitrogens is 1. The number of aromatic nitrogens is 16. The Labute approximate surface area is 400 Å². The first kappa shape index (κ1) is 56.1. The number of aliphatic hydroxyl groups is 1. The topological polar surface area (TPSA) is 443 Å². The Bertz CT molecular complexity index is 2540. The van der Waals surface area contributed by atoms with Crippen molar-refractivity contribution in [1.29, 1.82) is 0 Å². The van der Waals surface area contributed by atoms with E-state index in [0.717, 1.165) is 50.8 Å². The Morgan fingerprint density at radius 3 is 1.45 bits per heavy atom. The van der Waals surface area contributed by atoms with Gasteiger partial charge in [0.15, 0.2) is 45.9 Å². The van der Waals surface area contributed by atoms with Crippen molar-refractivity contribution in [2.45, 2.75) is 46.3 Å². The van der Waals surface area contributed by atoms with Crippen molar-refractivity contribution in [2.24, 2.45) is 10.8 Å². The summed E-state index contributed by atoms with van der Waals surface area (Å²) < 4.78 is 36.7. The van der Waals surface area contributed by atoms with Crippen molar-refractivity contribution in [1.82, 2.24) is 78.5 Å². The van der Waals surface area contributed by atoms with Gasteiger partial charge in [-0.1, -0.05) is 12.5 Å². The monoisotopic (exact) mass is 939 g/mol. The van der Waals surface area contributed by atoms with E-state index in [1.807, 2.05) is 13.7 Å². The minimum absolute atomic E-state index is 0. The molecule has 0 aliphatic rings. The summed E-state index contributed by atoms with van der Waals surface area (Å²) >= 11 is 5.61. The number of nitrogens with zero attached hydrogens (tertiary/aromatic N) is 21. The number of nitrogens with one attached hydrogen (secondary N) is 1. The van der Waals surface area contributed by atoms with E-state index in [9.17, 15) is 8.78 Å². The molecule has 0 radical (unpaired) electrons. The van der Waals surface area contributed by atoms with Gasteiger partial charge in [0.1, 0.15) is 47.4 Å². The van der Waals surface area contributed by atoms with E-state index in [2.05, 4.69) is 74.8 Å². The van der Waals surface area contributed by atoms with Crippen LogP contribution in [-0.2, 0) is 19.6 Å². The van der Waals surface area contributed by atoms with E-state index in [-0.39, 0.29) is 37.0 Å². The number of azide groups is 1. The fraction of sp³-hybridized carbons (Fsp3) is 0.394. The number of halogens is 3. The molecule has 0 aliphatic heterocycles. The zero-order valence-electron chi connectivity index (χ0n) is 36.8. The maximum absolute atomic E-state index is 9.96. The number of nitrogens with two attached hydrogens (primary N) is 5. The van der Waals surface area contributed by atoms with Crippen molar-refractivity contribution >= 4 is 79.5 Å². The van der Waals surface area contributed by atoms with Crippen LogP contribution in [0.15, 0.2) is 55.7 Å². The molecule has 0 unspecified atom stereocenters. The molecule has 0 atom stereocenters. The van der Waals surface area contributed by atoms with Crippen LogP contribution in [0, 0.1) is 0 Å². The fourth-order valence-electron chi connectivity index (χ4n) is 4.82. The zero-order valence-corrected chi connectivity index (χ0v) is 37.5. The molecule has 65 heavy (non-hydrogen) atoms. The second-order valence-electron chi connectivity index (χ2n) is 11.0. The van der Waals surface area contributed by atoms with E-state index in [1.54, 1.807) is 19.0 Å². The standard InChI is InChI=1S/C8H10ClN5.C8H10N8.C8H12N6.C5H5N5.2CH3F.CH4O.CH4.N3.Na/c9-2-1-3-14-5-13-6-7(10)11-4-12-8(6)14;9-7-6-8(12-4-11-7)16(5-13-6)3-1-2-14-15-10;9-2-1-3-14-5-13-6-7(10)11-4-12-8(6)14;6-4-3-5(9-1-7-3)10-2-8-4;3*1-2;;1-3-2;/h4-5H,1-3H2,(H2,10,11,12);4-5H,1-3H2,(H2,9,11,12);4-5H,1-3,9H2,(H2,10,11,12);1-2H,(H3,6,7,8,9,10);2*1H3;2H,1H3;1H4;;/q;;;;;;;;-1;+1/i;;;;2*1D;;;;. The fourth-order valence-corrected chi connectivity index (χ4v) is 4.94. The molecule has 0 saturated carbocycles. The minimum atomic E-state index is -1.00. The van der Waals surface area contributed by atoms with Crippen molar-refractivity contribution < 1.29 is 46.2 Å². The van der Waals surface area contributed by atoms with Gasteiger partial charge in [-0.05, 0) is 31.3 Å². The summed E-state index contributed by atoms with van der Waals surface area (Å²) in [5, 5.41) is 10.5. The van der Waals surface area contributed by atoms with Crippen molar-refractivity contribution in [3.63, 3.8) is 0 Å². The summed E-state index contributed by atoms with van der Waals surface area (Å²) in [6, 6.07) is 0. The minimum Gasteiger partial charge on any atom is -0.400 e. The molecule has 0 saturated heterocycles. The van der Waals surface area contributed by atoms with Gasteiger partial charge >= 0.3 is 29.6 Å². The van der Waals surface area contributed by atoms with Crippen LogP contribution in [0.1, 0.15) is 29.4 Å². The van der Waals surface area contributed by atoms with Crippen LogP contribution in [0.3, 0.4) is 0 Å². The van der Waals surface area contributed by atoms with Crippen LogP contribution in [0.25, 0.3) is 71.1 Å². The van der Waals surface area contributed by atoms with E-state index in [1.165, 1.54) is 36.5 Å². The quantitative estimate of drug-likeness (QED) is 0.0252. The number of aliphatic hydroxyl groups excluding tert-OH is 1. The summed E-state index contributed by atoms with van der Waals surface area (Å²) in [5.74, 6) is 2.27. The van der Waals surface area contributed by atoms with Crippen LogP contribution in [0.2, 0.25) is 0 Å². The van der Waals surface area contributed by atoms with Crippen molar-refractivity contribution in [3.8, 4) is 0 Å². The second-order valence-corrected chi connectivity index (χ2v) is 11.4. The molecule has 0 aromatic carbocycles. The van der Waals surface area contributed by atoms with Gasteiger partial charge < -0.3 is 63.5 Å². The average Bonchev–Trinajstić information content (AvgIpc) is 4.14. The number of rotatable bonds is 10.